The zero-order chi connectivity index (χ0) is 16.5. The van der Waals surface area contributed by atoms with Gasteiger partial charge in [0.25, 0.3) is 5.91 Å². The molecule has 0 aliphatic carbocycles. The standard InChI is InChI=1S/C20H29N3O/c1-22-10-3-4-15(8-11-22)16-6-7-19-17(12-16)14-23(20(19)24)18-5-2-9-21-13-18/h6-7,12,15,18,21H,2-5,8-11,13-14H2,1H3. The molecule has 4 nitrogen and oxygen atoms in total. The summed E-state index contributed by atoms with van der Waals surface area (Å²) in [6, 6.07) is 7.01. The monoisotopic (exact) mass is 327 g/mol. The first-order chi connectivity index (χ1) is 11.7. The van der Waals surface area contributed by atoms with E-state index in [1.807, 2.05) is 0 Å². The van der Waals surface area contributed by atoms with Gasteiger partial charge in [-0.1, -0.05) is 12.1 Å². The van der Waals surface area contributed by atoms with E-state index in [-0.39, 0.29) is 5.91 Å². The summed E-state index contributed by atoms with van der Waals surface area (Å²) in [5.74, 6) is 0.895. The number of nitrogens with one attached hydrogen (secondary N) is 1. The number of likely N-dealkylation sites (tertiary alicyclic amines) is 1. The second-order valence-electron chi connectivity index (χ2n) is 7.78. The minimum atomic E-state index is 0.242. The van der Waals surface area contributed by atoms with E-state index in [9.17, 15) is 4.79 Å². The van der Waals surface area contributed by atoms with Gasteiger partial charge in [-0.3, -0.25) is 4.79 Å². The maximum atomic E-state index is 12.8. The van der Waals surface area contributed by atoms with E-state index in [1.165, 1.54) is 49.9 Å². The van der Waals surface area contributed by atoms with Gasteiger partial charge in [0.1, 0.15) is 0 Å². The molecule has 2 fully saturated rings. The van der Waals surface area contributed by atoms with Crippen molar-refractivity contribution in [2.75, 3.05) is 33.2 Å². The molecule has 0 bridgehead atoms. The van der Waals surface area contributed by atoms with Gasteiger partial charge in [0.05, 0.1) is 0 Å². The van der Waals surface area contributed by atoms with Crippen LogP contribution in [0.25, 0.3) is 0 Å². The molecular formula is C20H29N3O. The fraction of sp³-hybridized carbons (Fsp3) is 0.650. The van der Waals surface area contributed by atoms with Crippen LogP contribution >= 0.6 is 0 Å². The fourth-order valence-corrected chi connectivity index (χ4v) is 4.58. The van der Waals surface area contributed by atoms with Gasteiger partial charge in [-0.15, -0.1) is 0 Å². The van der Waals surface area contributed by atoms with E-state index < -0.39 is 0 Å². The third-order valence-electron chi connectivity index (χ3n) is 6.10. The molecule has 0 spiro atoms. The van der Waals surface area contributed by atoms with E-state index in [0.29, 0.717) is 12.0 Å². The molecule has 3 heterocycles. The third kappa shape index (κ3) is 3.09. The second-order valence-corrected chi connectivity index (χ2v) is 7.78. The second kappa shape index (κ2) is 6.85. The van der Waals surface area contributed by atoms with Crippen LogP contribution in [0.4, 0.5) is 0 Å². The molecule has 24 heavy (non-hydrogen) atoms. The average Bonchev–Trinajstić information content (AvgIpc) is 2.78. The SMILES string of the molecule is CN1CCCC(c2ccc3c(c2)CN(C2CCCNC2)C3=O)CC1. The van der Waals surface area contributed by atoms with E-state index >= 15 is 0 Å². The minimum absolute atomic E-state index is 0.242. The van der Waals surface area contributed by atoms with E-state index in [2.05, 4.69) is 40.4 Å². The lowest BCUT2D eigenvalue weighted by atomic mass is 9.90. The Hall–Kier alpha value is -1.39. The molecule has 1 N–H and O–H groups in total. The maximum Gasteiger partial charge on any atom is 0.254 e. The first-order valence-corrected chi connectivity index (χ1v) is 9.55. The molecule has 4 heteroatoms. The van der Waals surface area contributed by atoms with Crippen LogP contribution in [-0.4, -0.2) is 55.0 Å². The molecule has 3 aliphatic heterocycles. The van der Waals surface area contributed by atoms with Crippen LogP contribution in [0.15, 0.2) is 18.2 Å². The first-order valence-electron chi connectivity index (χ1n) is 9.55. The van der Waals surface area contributed by atoms with E-state index in [0.717, 1.165) is 31.6 Å². The lowest BCUT2D eigenvalue weighted by Gasteiger charge is -2.31. The van der Waals surface area contributed by atoms with Gasteiger partial charge in [-0.05, 0) is 81.9 Å². The molecule has 3 aliphatic rings. The summed E-state index contributed by atoms with van der Waals surface area (Å²) in [5.41, 5.74) is 3.64. The summed E-state index contributed by atoms with van der Waals surface area (Å²) in [4.78, 5) is 17.3. The largest absolute Gasteiger partial charge is 0.330 e. The zero-order valence-electron chi connectivity index (χ0n) is 14.8. The number of carbonyl (C=O) groups is 1. The van der Waals surface area contributed by atoms with Gasteiger partial charge < -0.3 is 15.1 Å². The first kappa shape index (κ1) is 16.1. The summed E-state index contributed by atoms with van der Waals surface area (Å²) in [6.07, 6.45) is 6.09. The van der Waals surface area contributed by atoms with Crippen molar-refractivity contribution in [3.8, 4) is 0 Å². The van der Waals surface area contributed by atoms with Gasteiger partial charge in [-0.25, -0.2) is 0 Å². The van der Waals surface area contributed by atoms with Crippen LogP contribution in [0.5, 0.6) is 0 Å². The lowest BCUT2D eigenvalue weighted by molar-refractivity contribution is 0.0674. The number of nitrogens with zero attached hydrogens (tertiary/aromatic N) is 2. The van der Waals surface area contributed by atoms with Crippen molar-refractivity contribution in [2.24, 2.45) is 0 Å². The Morgan fingerprint density at radius 1 is 1.12 bits per heavy atom. The number of hydrogen-bond donors (Lipinski definition) is 1. The molecule has 1 aromatic rings. The zero-order valence-corrected chi connectivity index (χ0v) is 14.8. The number of carbonyl (C=O) groups excluding carboxylic acids is 1. The molecule has 1 aromatic carbocycles. The summed E-state index contributed by atoms with van der Waals surface area (Å²) in [7, 11) is 2.22. The predicted octanol–water partition coefficient (Wildman–Crippen LogP) is 2.59. The van der Waals surface area contributed by atoms with Crippen LogP contribution in [-0.2, 0) is 6.54 Å². The smallest absolute Gasteiger partial charge is 0.254 e. The van der Waals surface area contributed by atoms with Crippen molar-refractivity contribution in [3.63, 3.8) is 0 Å². The molecule has 130 valence electrons. The van der Waals surface area contributed by atoms with Gasteiger partial charge in [-0.2, -0.15) is 0 Å². The summed E-state index contributed by atoms with van der Waals surface area (Å²) >= 11 is 0. The van der Waals surface area contributed by atoms with Gasteiger partial charge in [0.2, 0.25) is 0 Å². The van der Waals surface area contributed by atoms with Crippen LogP contribution in [0.2, 0.25) is 0 Å². The quantitative estimate of drug-likeness (QED) is 0.907. The highest BCUT2D eigenvalue weighted by Crippen LogP contribution is 2.33. The van der Waals surface area contributed by atoms with Crippen molar-refractivity contribution in [2.45, 2.75) is 50.6 Å². The molecule has 4 rings (SSSR count). The van der Waals surface area contributed by atoms with Crippen LogP contribution in [0.1, 0.15) is 59.5 Å². The molecule has 2 atom stereocenters. The molecule has 0 saturated carbocycles. The summed E-state index contributed by atoms with van der Waals surface area (Å²) in [5, 5.41) is 3.43. The third-order valence-corrected chi connectivity index (χ3v) is 6.10. The molecule has 0 radical (unpaired) electrons. The Labute approximate surface area is 145 Å². The Morgan fingerprint density at radius 2 is 2.04 bits per heavy atom. The van der Waals surface area contributed by atoms with Crippen LogP contribution in [0.3, 0.4) is 0 Å². The molecule has 2 unspecified atom stereocenters. The lowest BCUT2D eigenvalue weighted by Crippen LogP contribution is -2.46. The molecular weight excluding hydrogens is 298 g/mol. The van der Waals surface area contributed by atoms with Crippen molar-refractivity contribution >= 4 is 5.91 Å². The van der Waals surface area contributed by atoms with Gasteiger partial charge >= 0.3 is 0 Å². The van der Waals surface area contributed by atoms with Gasteiger partial charge in [0.15, 0.2) is 0 Å². The molecule has 2 saturated heterocycles. The number of hydrogen-bond acceptors (Lipinski definition) is 3. The Bertz CT molecular complexity index is 609. The number of rotatable bonds is 2. The number of amides is 1. The van der Waals surface area contributed by atoms with E-state index in [4.69, 9.17) is 0 Å². The molecule has 0 aromatic heterocycles. The van der Waals surface area contributed by atoms with Crippen molar-refractivity contribution in [1.29, 1.82) is 0 Å². The number of benzene rings is 1. The Balaban J connectivity index is 1.51. The van der Waals surface area contributed by atoms with E-state index in [1.54, 1.807) is 0 Å². The van der Waals surface area contributed by atoms with Crippen molar-refractivity contribution in [1.82, 2.24) is 15.1 Å². The summed E-state index contributed by atoms with van der Waals surface area (Å²) in [6.45, 7) is 5.23. The fourth-order valence-electron chi connectivity index (χ4n) is 4.58. The number of fused-ring (bicyclic) bond motifs is 1. The van der Waals surface area contributed by atoms with Gasteiger partial charge in [0, 0.05) is 24.7 Å². The molecule has 1 amide bonds. The normalized spacial score (nSPS) is 28.7. The highest BCUT2D eigenvalue weighted by molar-refractivity contribution is 5.98. The Morgan fingerprint density at radius 3 is 2.88 bits per heavy atom. The maximum absolute atomic E-state index is 12.8. The van der Waals surface area contributed by atoms with Crippen LogP contribution < -0.4 is 5.32 Å². The van der Waals surface area contributed by atoms with Crippen LogP contribution in [0, 0.1) is 0 Å². The minimum Gasteiger partial charge on any atom is -0.330 e. The highest BCUT2D eigenvalue weighted by atomic mass is 16.2. The highest BCUT2D eigenvalue weighted by Gasteiger charge is 2.33. The number of piperidine rings is 1. The Kier molecular flexibility index (Phi) is 4.59. The average molecular weight is 327 g/mol. The van der Waals surface area contributed by atoms with Crippen molar-refractivity contribution in [3.05, 3.63) is 34.9 Å². The topological polar surface area (TPSA) is 35.6 Å². The predicted molar refractivity (Wildman–Crippen MR) is 96.3 cm³/mol. The van der Waals surface area contributed by atoms with Crippen molar-refractivity contribution < 1.29 is 4.79 Å². The summed E-state index contributed by atoms with van der Waals surface area (Å²) < 4.78 is 0.